The zero-order valence-electron chi connectivity index (χ0n) is 2.96. The van der Waals surface area contributed by atoms with E-state index in [4.69, 9.17) is 9.90 Å². The van der Waals surface area contributed by atoms with Crippen molar-refractivity contribution >= 4 is 6.47 Å². The molecule has 0 spiro atoms. The van der Waals surface area contributed by atoms with Crippen molar-refractivity contribution in [3.63, 3.8) is 0 Å². The Morgan fingerprint density at radius 2 is 1.50 bits per heavy atom. The molecule has 0 aliphatic carbocycles. The topological polar surface area (TPSA) is 106 Å². The van der Waals surface area contributed by atoms with Gasteiger partial charge < -0.3 is 22.2 Å². The van der Waals surface area contributed by atoms with Crippen LogP contribution in [0.15, 0.2) is 0 Å². The minimum Gasteiger partial charge on any atom is -0.693 e. The monoisotopic (exact) mass is 136 g/mol. The van der Waals surface area contributed by atoms with Gasteiger partial charge in [-0.2, -0.15) is 0 Å². The van der Waals surface area contributed by atoms with Gasteiger partial charge in [-0.05, 0) is 0 Å². The molecule has 0 aliphatic rings. The van der Waals surface area contributed by atoms with E-state index >= 15 is 0 Å². The molecule has 0 rings (SSSR count). The van der Waals surface area contributed by atoms with Crippen molar-refractivity contribution in [1.29, 1.82) is 0 Å². The Kier molecular flexibility index (Phi) is 622. The van der Waals surface area contributed by atoms with Crippen molar-refractivity contribution in [2.45, 2.75) is 0 Å². The minimum atomic E-state index is 0. The molecule has 6 heavy (non-hydrogen) atoms. The van der Waals surface area contributed by atoms with Crippen LogP contribution in [0.3, 0.4) is 0 Å². The van der Waals surface area contributed by atoms with E-state index in [9.17, 15) is 0 Å². The van der Waals surface area contributed by atoms with Gasteiger partial charge in [0.05, 0.1) is 0 Å². The maximum absolute atomic E-state index is 8.24. The van der Waals surface area contributed by atoms with Crippen molar-refractivity contribution in [1.82, 2.24) is 6.15 Å². The quantitative estimate of drug-likeness (QED) is 0.374. The summed E-state index contributed by atoms with van der Waals surface area (Å²) in [6, 6.07) is 0. The van der Waals surface area contributed by atoms with Crippen LogP contribution in [0.25, 0.3) is 6.15 Å². The van der Waals surface area contributed by atoms with Crippen LogP contribution in [-0.4, -0.2) is 11.6 Å². The molecule has 0 aliphatic heterocycles. The summed E-state index contributed by atoms with van der Waals surface area (Å²) >= 11 is 0. The van der Waals surface area contributed by atoms with E-state index in [0.717, 1.165) is 0 Å². The fourth-order valence-corrected chi connectivity index (χ4v) is 0. The molecule has 0 bridgehead atoms. The molecular weight excluding hydrogens is 131 g/mol. The summed E-state index contributed by atoms with van der Waals surface area (Å²) in [5.41, 5.74) is 0. The van der Waals surface area contributed by atoms with Gasteiger partial charge in [0.15, 0.2) is 0 Å². The summed E-state index contributed by atoms with van der Waals surface area (Å²) in [6.45, 7) is 0.500. The molecule has 0 aromatic carbocycles. The maximum atomic E-state index is 8.24. The second-order valence-electron chi connectivity index (χ2n) is 0.0913. The van der Waals surface area contributed by atoms with E-state index in [2.05, 4.69) is 0 Å². The molecule has 0 unspecified atom stereocenters. The Hall–Kier alpha value is -0.116. The van der Waals surface area contributed by atoms with Crippen molar-refractivity contribution < 1.29 is 26.4 Å². The summed E-state index contributed by atoms with van der Waals surface area (Å²) in [7, 11) is 0. The average molecular weight is 137 g/mol. The van der Waals surface area contributed by atoms with Crippen molar-refractivity contribution in [2.75, 3.05) is 0 Å². The third kappa shape index (κ3) is 2380. The van der Waals surface area contributed by atoms with Crippen LogP contribution in [-0.2, 0) is 21.3 Å². The van der Waals surface area contributed by atoms with Crippen molar-refractivity contribution in [2.24, 2.45) is 0 Å². The van der Waals surface area contributed by atoms with Crippen LogP contribution in [0.4, 0.5) is 0 Å². The molecule has 0 amide bonds. The summed E-state index contributed by atoms with van der Waals surface area (Å²) in [4.78, 5) is 8.24. The normalized spacial score (nSPS) is 2.00. The molecular formula is CH6N2NiO2. The third-order valence-electron chi connectivity index (χ3n) is 0. The number of nitrogens with two attached hydrogens (primary N) is 1. The average Bonchev–Trinajstić information content (AvgIpc) is 0.918. The van der Waals surface area contributed by atoms with Gasteiger partial charge in [-0.1, -0.05) is 6.47 Å². The Bertz CT molecular complexity index is 19.0. The van der Waals surface area contributed by atoms with Crippen LogP contribution in [0.5, 0.6) is 0 Å². The van der Waals surface area contributed by atoms with Gasteiger partial charge in [0.25, 0.3) is 0 Å². The zero-order valence-corrected chi connectivity index (χ0v) is 3.94. The van der Waals surface area contributed by atoms with Crippen molar-refractivity contribution in [3.8, 4) is 0 Å². The Labute approximate surface area is 46.0 Å². The molecule has 0 aromatic rings. The number of hydrogen-bond acceptors (Lipinski definition) is 2. The smallest absolute Gasteiger partial charge is 0.693 e. The van der Waals surface area contributed by atoms with Crippen LogP contribution < -0.4 is 6.15 Å². The Balaban J connectivity index is -0.00000000667. The minimum absolute atomic E-state index is 0. The van der Waals surface area contributed by atoms with Crippen molar-refractivity contribution in [3.05, 3.63) is 6.15 Å². The summed E-state index contributed by atoms with van der Waals surface area (Å²) in [6.07, 6.45) is 0. The first-order chi connectivity index (χ1) is 1.41. The first-order valence-electron chi connectivity index (χ1n) is 0.428. The Morgan fingerprint density at radius 1 is 1.50 bits per heavy atom. The number of aliphatic hydroxyl groups excluding tert-OH is 1. The fourth-order valence-electron chi connectivity index (χ4n) is 0. The molecule has 0 fully saturated rings. The first-order valence-corrected chi connectivity index (χ1v) is 0.428. The Morgan fingerprint density at radius 3 is 1.50 bits per heavy atom. The molecule has 42 valence electrons. The molecule has 0 heterocycles. The van der Waals surface area contributed by atoms with E-state index < -0.39 is 0 Å². The summed E-state index contributed by atoms with van der Waals surface area (Å²) in [5.74, 6) is 0. The molecule has 0 radical (unpaired) electrons. The predicted octanol–water partition coefficient (Wildman–Crippen LogP) is 0.488. The molecule has 0 aromatic heterocycles. The molecule has 0 saturated heterocycles. The van der Waals surface area contributed by atoms with Gasteiger partial charge in [0, 0.05) is 0 Å². The van der Waals surface area contributed by atoms with Gasteiger partial charge in [-0.15, -0.1) is 0 Å². The van der Waals surface area contributed by atoms with Gasteiger partial charge in [-0.3, -0.25) is 0 Å². The SMILES string of the molecule is N.O=[C-]O.[NH2-].[Ni+2]. The predicted molar refractivity (Wildman–Crippen MR) is 18.6 cm³/mol. The first kappa shape index (κ1) is 39.6. The molecule has 4 nitrogen and oxygen atoms in total. The largest absolute Gasteiger partial charge is 2.00 e. The van der Waals surface area contributed by atoms with Crippen LogP contribution in [0.2, 0.25) is 0 Å². The van der Waals surface area contributed by atoms with Crippen LogP contribution in [0.1, 0.15) is 0 Å². The van der Waals surface area contributed by atoms with E-state index in [1.54, 1.807) is 0 Å². The second-order valence-corrected chi connectivity index (χ2v) is 0.0913. The summed E-state index contributed by atoms with van der Waals surface area (Å²) in [5, 5.41) is 6.76. The van der Waals surface area contributed by atoms with E-state index in [0.29, 0.717) is 6.47 Å². The van der Waals surface area contributed by atoms with Crippen LogP contribution >= 0.6 is 0 Å². The van der Waals surface area contributed by atoms with Gasteiger partial charge in [-0.25, -0.2) is 0 Å². The maximum Gasteiger partial charge on any atom is 2.00 e. The molecule has 0 atom stereocenters. The van der Waals surface area contributed by atoms with E-state index in [1.807, 2.05) is 0 Å². The number of hydrogen-bond donors (Lipinski definition) is 2. The standard InChI is InChI=1S/CHO2.H3N.H2N.Ni/c2-1-3;;;/h(H,2,3);1H3;1H2;/q-1;;-1;+2. The van der Waals surface area contributed by atoms with Crippen LogP contribution in [0, 0.1) is 0 Å². The van der Waals surface area contributed by atoms with Gasteiger partial charge in [0.2, 0.25) is 0 Å². The molecule has 5 heteroatoms. The van der Waals surface area contributed by atoms with Gasteiger partial charge in [0.1, 0.15) is 0 Å². The third-order valence-corrected chi connectivity index (χ3v) is 0. The second kappa shape index (κ2) is 94.4. The summed E-state index contributed by atoms with van der Waals surface area (Å²) < 4.78 is 0. The van der Waals surface area contributed by atoms with E-state index in [1.165, 1.54) is 0 Å². The van der Waals surface area contributed by atoms with Gasteiger partial charge >= 0.3 is 16.5 Å². The fraction of sp³-hybridized carbons (Fsp3) is 0. The molecule has 6 N–H and O–H groups in total. The molecule has 0 saturated carbocycles. The number of rotatable bonds is 0. The van der Waals surface area contributed by atoms with E-state index in [-0.39, 0.29) is 28.8 Å². The zero-order chi connectivity index (χ0) is 2.71.